The maximum Gasteiger partial charge on any atom is 0.411 e. The standard InChI is InChI=1S/C36H46N6O4/c1-39(2)36(45)42-24-22-41(23-25-42)27-28-12-14-30(15-13-28)34(43)26-37-18-21-40-19-16-31(17-20-40)46-35(44)38-33-11-7-6-10-32(33)29-8-4-3-5-9-29/h3-15,31,37H,16-27H2,1-2H3,(H,38,44). The zero-order valence-corrected chi connectivity index (χ0v) is 27.0. The largest absolute Gasteiger partial charge is 0.446 e. The van der Waals surface area contributed by atoms with Crippen LogP contribution in [0.5, 0.6) is 0 Å². The third kappa shape index (κ3) is 9.38. The van der Waals surface area contributed by atoms with Gasteiger partial charge in [0.2, 0.25) is 0 Å². The Morgan fingerprint density at radius 1 is 0.804 bits per heavy atom. The minimum absolute atomic E-state index is 0.0639. The van der Waals surface area contributed by atoms with E-state index in [1.165, 1.54) is 5.56 Å². The van der Waals surface area contributed by atoms with Gasteiger partial charge in [0.15, 0.2) is 5.78 Å². The number of likely N-dealkylation sites (tertiary alicyclic amines) is 1. The Labute approximate surface area is 272 Å². The number of rotatable bonds is 11. The summed E-state index contributed by atoms with van der Waals surface area (Å²) in [6.45, 7) is 7.49. The predicted octanol–water partition coefficient (Wildman–Crippen LogP) is 4.64. The maximum absolute atomic E-state index is 12.7. The number of anilines is 1. The van der Waals surface area contributed by atoms with Gasteiger partial charge in [0.05, 0.1) is 12.2 Å². The predicted molar refractivity (Wildman–Crippen MR) is 181 cm³/mol. The molecule has 2 heterocycles. The number of hydrogen-bond donors (Lipinski definition) is 2. The summed E-state index contributed by atoms with van der Waals surface area (Å²) in [6.07, 6.45) is 1.02. The molecule has 244 valence electrons. The molecule has 0 unspecified atom stereocenters. The van der Waals surface area contributed by atoms with Gasteiger partial charge in [0.1, 0.15) is 6.10 Å². The molecule has 3 aromatic rings. The second kappa shape index (κ2) is 16.4. The highest BCUT2D eigenvalue weighted by atomic mass is 16.6. The van der Waals surface area contributed by atoms with E-state index in [0.717, 1.165) is 82.0 Å². The van der Waals surface area contributed by atoms with Crippen molar-refractivity contribution < 1.29 is 19.1 Å². The monoisotopic (exact) mass is 626 g/mol. The second-order valence-corrected chi connectivity index (χ2v) is 12.2. The van der Waals surface area contributed by atoms with Gasteiger partial charge in [-0.3, -0.25) is 15.0 Å². The second-order valence-electron chi connectivity index (χ2n) is 12.2. The topological polar surface area (TPSA) is 97.5 Å². The first-order valence-electron chi connectivity index (χ1n) is 16.2. The highest BCUT2D eigenvalue weighted by molar-refractivity contribution is 5.97. The average molecular weight is 627 g/mol. The summed E-state index contributed by atoms with van der Waals surface area (Å²) in [5.41, 5.74) is 4.60. The quantitative estimate of drug-likeness (QED) is 0.237. The van der Waals surface area contributed by atoms with Crippen molar-refractivity contribution in [2.45, 2.75) is 25.5 Å². The molecule has 3 aromatic carbocycles. The minimum atomic E-state index is -0.425. The Morgan fingerprint density at radius 3 is 2.17 bits per heavy atom. The number of urea groups is 1. The number of hydrogen-bond acceptors (Lipinski definition) is 7. The van der Waals surface area contributed by atoms with Crippen LogP contribution in [0.1, 0.15) is 28.8 Å². The zero-order chi connectivity index (χ0) is 32.3. The molecular formula is C36H46N6O4. The number of carbonyl (C=O) groups is 3. The lowest BCUT2D eigenvalue weighted by Crippen LogP contribution is -2.51. The fourth-order valence-electron chi connectivity index (χ4n) is 5.98. The molecule has 2 aliphatic heterocycles. The van der Waals surface area contributed by atoms with Crippen molar-refractivity contribution in [2.24, 2.45) is 0 Å². The lowest BCUT2D eigenvalue weighted by Gasteiger charge is -2.36. The molecule has 46 heavy (non-hydrogen) atoms. The van der Waals surface area contributed by atoms with Crippen molar-refractivity contribution in [1.29, 1.82) is 0 Å². The third-order valence-corrected chi connectivity index (χ3v) is 8.65. The molecule has 0 atom stereocenters. The molecule has 0 aliphatic carbocycles. The van der Waals surface area contributed by atoms with Crippen LogP contribution in [0.15, 0.2) is 78.9 Å². The van der Waals surface area contributed by atoms with E-state index >= 15 is 0 Å². The number of nitrogens with one attached hydrogen (secondary N) is 2. The summed E-state index contributed by atoms with van der Waals surface area (Å²) >= 11 is 0. The van der Waals surface area contributed by atoms with Gasteiger partial charge in [-0.25, -0.2) is 9.59 Å². The fraction of sp³-hybridized carbons (Fsp3) is 0.417. The summed E-state index contributed by atoms with van der Waals surface area (Å²) < 4.78 is 5.76. The summed E-state index contributed by atoms with van der Waals surface area (Å²) in [6, 6.07) is 25.7. The van der Waals surface area contributed by atoms with E-state index in [-0.39, 0.29) is 17.9 Å². The van der Waals surface area contributed by atoms with Crippen molar-refractivity contribution in [1.82, 2.24) is 24.9 Å². The fourth-order valence-corrected chi connectivity index (χ4v) is 5.98. The molecule has 0 saturated carbocycles. The Balaban J connectivity index is 0.956. The van der Waals surface area contributed by atoms with E-state index in [2.05, 4.69) is 20.4 Å². The first kappa shape index (κ1) is 33.1. The number of para-hydroxylation sites is 1. The lowest BCUT2D eigenvalue weighted by atomic mass is 10.0. The van der Waals surface area contributed by atoms with Crippen LogP contribution in [0, 0.1) is 0 Å². The SMILES string of the molecule is CN(C)C(=O)N1CCN(Cc2ccc(C(=O)CNCCN3CCC(OC(=O)Nc4ccccc4-c4ccccc4)CC3)cc2)CC1. The molecule has 2 N–H and O–H groups in total. The van der Waals surface area contributed by atoms with E-state index in [0.29, 0.717) is 18.7 Å². The van der Waals surface area contributed by atoms with Crippen LogP contribution in [-0.2, 0) is 11.3 Å². The number of piperidine rings is 1. The van der Waals surface area contributed by atoms with E-state index in [9.17, 15) is 14.4 Å². The molecule has 10 nitrogen and oxygen atoms in total. The van der Waals surface area contributed by atoms with Crippen molar-refractivity contribution >= 4 is 23.6 Å². The third-order valence-electron chi connectivity index (χ3n) is 8.65. The van der Waals surface area contributed by atoms with Crippen LogP contribution in [0.3, 0.4) is 0 Å². The van der Waals surface area contributed by atoms with Crippen molar-refractivity contribution in [3.63, 3.8) is 0 Å². The minimum Gasteiger partial charge on any atom is -0.446 e. The van der Waals surface area contributed by atoms with Gasteiger partial charge < -0.3 is 24.8 Å². The highest BCUT2D eigenvalue weighted by Crippen LogP contribution is 2.28. The maximum atomic E-state index is 12.7. The van der Waals surface area contributed by atoms with Crippen LogP contribution in [0.4, 0.5) is 15.3 Å². The molecular weight excluding hydrogens is 580 g/mol. The van der Waals surface area contributed by atoms with Gasteiger partial charge in [0, 0.05) is 84.1 Å². The van der Waals surface area contributed by atoms with Gasteiger partial charge in [-0.1, -0.05) is 72.8 Å². The molecule has 10 heteroatoms. The summed E-state index contributed by atoms with van der Waals surface area (Å²) in [5.74, 6) is 0.0781. The van der Waals surface area contributed by atoms with E-state index in [1.807, 2.05) is 83.8 Å². The summed E-state index contributed by atoms with van der Waals surface area (Å²) in [4.78, 5) is 45.8. The van der Waals surface area contributed by atoms with Gasteiger partial charge in [-0.2, -0.15) is 0 Å². The van der Waals surface area contributed by atoms with Crippen molar-refractivity contribution in [3.8, 4) is 11.1 Å². The zero-order valence-electron chi connectivity index (χ0n) is 27.0. The van der Waals surface area contributed by atoms with Crippen molar-refractivity contribution in [2.75, 3.05) is 78.3 Å². The molecule has 0 bridgehead atoms. The first-order valence-corrected chi connectivity index (χ1v) is 16.2. The van der Waals surface area contributed by atoms with Crippen LogP contribution < -0.4 is 10.6 Å². The normalized spacial score (nSPS) is 16.2. The number of ether oxygens (including phenoxy) is 1. The van der Waals surface area contributed by atoms with E-state index < -0.39 is 6.09 Å². The molecule has 2 saturated heterocycles. The Hall–Kier alpha value is -4.25. The molecule has 2 fully saturated rings. The smallest absolute Gasteiger partial charge is 0.411 e. The van der Waals surface area contributed by atoms with Crippen LogP contribution in [0.2, 0.25) is 0 Å². The molecule has 2 aliphatic rings. The molecule has 0 radical (unpaired) electrons. The molecule has 3 amide bonds. The van der Waals surface area contributed by atoms with Gasteiger partial charge in [0.25, 0.3) is 0 Å². The van der Waals surface area contributed by atoms with Crippen LogP contribution in [-0.4, -0.2) is 117 Å². The highest BCUT2D eigenvalue weighted by Gasteiger charge is 2.24. The number of carbonyl (C=O) groups excluding carboxylic acids is 3. The van der Waals surface area contributed by atoms with Gasteiger partial charge in [-0.05, 0) is 30.0 Å². The van der Waals surface area contributed by atoms with Crippen molar-refractivity contribution in [3.05, 3.63) is 90.0 Å². The van der Waals surface area contributed by atoms with Crippen LogP contribution >= 0.6 is 0 Å². The molecule has 0 aromatic heterocycles. The number of benzene rings is 3. The molecule has 0 spiro atoms. The van der Waals surface area contributed by atoms with Gasteiger partial charge in [-0.15, -0.1) is 0 Å². The Bertz CT molecular complexity index is 1430. The Kier molecular flexibility index (Phi) is 11.8. The summed E-state index contributed by atoms with van der Waals surface area (Å²) in [7, 11) is 3.57. The number of amides is 3. The number of ketones is 1. The number of Topliss-reactive ketones (excluding diaryl/α,β-unsaturated/α-hetero) is 1. The van der Waals surface area contributed by atoms with Gasteiger partial charge >= 0.3 is 12.1 Å². The molecule has 5 rings (SSSR count). The summed E-state index contributed by atoms with van der Waals surface area (Å²) in [5, 5.41) is 6.22. The van der Waals surface area contributed by atoms with E-state index in [1.54, 1.807) is 19.0 Å². The Morgan fingerprint density at radius 2 is 1.48 bits per heavy atom. The first-order chi connectivity index (χ1) is 22.4. The number of nitrogens with zero attached hydrogens (tertiary/aromatic N) is 4. The number of piperazine rings is 1. The van der Waals surface area contributed by atoms with Crippen LogP contribution in [0.25, 0.3) is 11.1 Å². The average Bonchev–Trinajstić information content (AvgIpc) is 3.08. The lowest BCUT2D eigenvalue weighted by molar-refractivity contribution is 0.0593. The van der Waals surface area contributed by atoms with E-state index in [4.69, 9.17) is 4.74 Å².